The van der Waals surface area contributed by atoms with Gasteiger partial charge in [-0.25, -0.2) is 14.4 Å². The first-order chi connectivity index (χ1) is 12.5. The van der Waals surface area contributed by atoms with Gasteiger partial charge in [0.1, 0.15) is 11.6 Å². The molecule has 2 aromatic rings. The molecule has 2 heterocycles. The van der Waals surface area contributed by atoms with Crippen molar-refractivity contribution in [1.82, 2.24) is 9.97 Å². The number of morpholine rings is 1. The van der Waals surface area contributed by atoms with E-state index in [0.29, 0.717) is 19.0 Å². The normalized spacial score (nSPS) is 15.3. The highest BCUT2D eigenvalue weighted by Crippen LogP contribution is 2.30. The zero-order valence-electron chi connectivity index (χ0n) is 15.4. The van der Waals surface area contributed by atoms with E-state index in [9.17, 15) is 4.39 Å². The summed E-state index contributed by atoms with van der Waals surface area (Å²) >= 11 is 0. The number of fused-ring (bicyclic) bond motifs is 1. The molecular weight excluding hydrogens is 329 g/mol. The number of halogens is 1. The van der Waals surface area contributed by atoms with Crippen LogP contribution in [0.25, 0.3) is 22.0 Å². The van der Waals surface area contributed by atoms with Gasteiger partial charge in [-0.3, -0.25) is 0 Å². The van der Waals surface area contributed by atoms with E-state index in [1.165, 1.54) is 6.08 Å². The lowest BCUT2D eigenvalue weighted by atomic mass is 10.0. The second kappa shape index (κ2) is 7.79. The molecule has 0 bridgehead atoms. The van der Waals surface area contributed by atoms with Crippen molar-refractivity contribution in [3.05, 3.63) is 54.6 Å². The third-order valence-electron chi connectivity index (χ3n) is 4.63. The zero-order chi connectivity index (χ0) is 18.7. The van der Waals surface area contributed by atoms with Crippen molar-refractivity contribution in [1.29, 1.82) is 0 Å². The number of rotatable bonds is 5. The molecule has 4 nitrogen and oxygen atoms in total. The summed E-state index contributed by atoms with van der Waals surface area (Å²) in [6, 6.07) is 6.06. The predicted octanol–water partition coefficient (Wildman–Crippen LogP) is 4.78. The van der Waals surface area contributed by atoms with E-state index in [2.05, 4.69) is 34.9 Å². The molecule has 0 spiro atoms. The summed E-state index contributed by atoms with van der Waals surface area (Å²) in [5.74, 6) is 0.701. The van der Waals surface area contributed by atoms with Crippen LogP contribution in [-0.2, 0) is 4.74 Å². The van der Waals surface area contributed by atoms with Crippen LogP contribution in [-0.4, -0.2) is 36.3 Å². The van der Waals surface area contributed by atoms with Crippen molar-refractivity contribution >= 4 is 27.9 Å². The fourth-order valence-electron chi connectivity index (χ4n) is 2.97. The summed E-state index contributed by atoms with van der Waals surface area (Å²) in [6.07, 6.45) is 2.24. The van der Waals surface area contributed by atoms with Crippen LogP contribution >= 0.6 is 0 Å². The molecule has 0 unspecified atom stereocenters. The zero-order valence-corrected chi connectivity index (χ0v) is 15.4. The maximum absolute atomic E-state index is 14.1. The highest BCUT2D eigenvalue weighted by molar-refractivity contribution is 5.93. The Bertz CT molecular complexity index is 882. The average molecular weight is 353 g/mol. The van der Waals surface area contributed by atoms with Crippen molar-refractivity contribution in [3.63, 3.8) is 0 Å². The van der Waals surface area contributed by atoms with Gasteiger partial charge in [-0.2, -0.15) is 0 Å². The number of benzene rings is 1. The molecule has 0 radical (unpaired) electrons. The smallest absolute Gasteiger partial charge is 0.164 e. The first-order valence-corrected chi connectivity index (χ1v) is 8.89. The summed E-state index contributed by atoms with van der Waals surface area (Å²) in [6.45, 7) is 14.4. The molecule has 0 atom stereocenters. The second-order valence-corrected chi connectivity index (χ2v) is 6.27. The molecule has 0 aliphatic carbocycles. The van der Waals surface area contributed by atoms with E-state index in [0.717, 1.165) is 47.4 Å². The minimum Gasteiger partial charge on any atom is -0.378 e. The van der Waals surface area contributed by atoms with Gasteiger partial charge in [0.15, 0.2) is 5.82 Å². The lowest BCUT2D eigenvalue weighted by Gasteiger charge is -2.29. The Labute approximate surface area is 153 Å². The third kappa shape index (κ3) is 3.53. The number of nitrogens with zero attached hydrogens (tertiary/aromatic N) is 3. The number of allylic oxidation sites excluding steroid dienone is 4. The summed E-state index contributed by atoms with van der Waals surface area (Å²) < 4.78 is 19.5. The first-order valence-electron chi connectivity index (χ1n) is 8.89. The van der Waals surface area contributed by atoms with E-state index >= 15 is 0 Å². The summed E-state index contributed by atoms with van der Waals surface area (Å²) in [7, 11) is 0. The molecule has 0 amide bonds. The van der Waals surface area contributed by atoms with Gasteiger partial charge < -0.3 is 9.64 Å². The Balaban J connectivity index is 2.18. The SMILES string of the molecule is C=C(CC)c1ccc2c(N3CCOCC3)nc(C(=C)C(F)=CC)nc2c1. The molecule has 1 fully saturated rings. The second-order valence-electron chi connectivity index (χ2n) is 6.27. The molecule has 1 aromatic heterocycles. The van der Waals surface area contributed by atoms with Gasteiger partial charge >= 0.3 is 0 Å². The molecule has 3 rings (SSSR count). The summed E-state index contributed by atoms with van der Waals surface area (Å²) in [4.78, 5) is 11.4. The third-order valence-corrected chi connectivity index (χ3v) is 4.63. The standard InChI is InChI=1S/C21H24FN3O/c1-5-14(3)16-7-8-17-19(13-16)23-20(15(4)18(22)6-2)24-21(17)25-9-11-26-12-10-25/h6-8,13H,3-5,9-12H2,1-2H3. The van der Waals surface area contributed by atoms with Gasteiger partial charge in [0.25, 0.3) is 0 Å². The van der Waals surface area contributed by atoms with Gasteiger partial charge in [0, 0.05) is 24.0 Å². The monoisotopic (exact) mass is 353 g/mol. The number of hydrogen-bond acceptors (Lipinski definition) is 4. The van der Waals surface area contributed by atoms with Gasteiger partial charge in [0.2, 0.25) is 0 Å². The Morgan fingerprint density at radius 1 is 1.27 bits per heavy atom. The number of aromatic nitrogens is 2. The largest absolute Gasteiger partial charge is 0.378 e. The van der Waals surface area contributed by atoms with E-state index in [4.69, 9.17) is 4.74 Å². The van der Waals surface area contributed by atoms with E-state index < -0.39 is 5.83 Å². The average Bonchev–Trinajstić information content (AvgIpc) is 2.71. The molecule has 0 N–H and O–H groups in total. The van der Waals surface area contributed by atoms with Crippen LogP contribution in [0.15, 0.2) is 43.3 Å². The number of hydrogen-bond donors (Lipinski definition) is 0. The lowest BCUT2D eigenvalue weighted by molar-refractivity contribution is 0.122. The molecular formula is C21H24FN3O. The topological polar surface area (TPSA) is 38.2 Å². The van der Waals surface area contributed by atoms with Crippen LogP contribution < -0.4 is 4.90 Å². The van der Waals surface area contributed by atoms with Crippen LogP contribution in [0.5, 0.6) is 0 Å². The Morgan fingerprint density at radius 3 is 2.65 bits per heavy atom. The fourth-order valence-corrected chi connectivity index (χ4v) is 2.97. The molecule has 1 aromatic carbocycles. The van der Waals surface area contributed by atoms with Gasteiger partial charge in [-0.1, -0.05) is 32.2 Å². The quantitative estimate of drug-likeness (QED) is 0.725. The van der Waals surface area contributed by atoms with E-state index in [1.807, 2.05) is 18.2 Å². The Hall–Kier alpha value is -2.53. The van der Waals surface area contributed by atoms with Crippen molar-refractivity contribution in [2.24, 2.45) is 0 Å². The molecule has 1 aliphatic heterocycles. The number of ether oxygens (including phenoxy) is 1. The molecule has 1 saturated heterocycles. The predicted molar refractivity (Wildman–Crippen MR) is 106 cm³/mol. The van der Waals surface area contributed by atoms with Crippen molar-refractivity contribution in [3.8, 4) is 0 Å². The van der Waals surface area contributed by atoms with Gasteiger partial charge in [0.05, 0.1) is 18.7 Å². The maximum Gasteiger partial charge on any atom is 0.164 e. The summed E-state index contributed by atoms with van der Waals surface area (Å²) in [5, 5.41) is 0.942. The minimum absolute atomic E-state index is 0.198. The molecule has 5 heteroatoms. The molecule has 136 valence electrons. The van der Waals surface area contributed by atoms with Crippen LogP contribution in [0, 0.1) is 0 Å². The van der Waals surface area contributed by atoms with Crippen molar-refractivity contribution in [2.45, 2.75) is 20.3 Å². The Kier molecular flexibility index (Phi) is 5.47. The highest BCUT2D eigenvalue weighted by Gasteiger charge is 2.19. The van der Waals surface area contributed by atoms with Gasteiger partial charge in [-0.05, 0) is 36.6 Å². The van der Waals surface area contributed by atoms with Crippen LogP contribution in [0.3, 0.4) is 0 Å². The molecule has 1 aliphatic rings. The van der Waals surface area contributed by atoms with Crippen molar-refractivity contribution < 1.29 is 9.13 Å². The summed E-state index contributed by atoms with van der Waals surface area (Å²) in [5.41, 5.74) is 3.05. The maximum atomic E-state index is 14.1. The Morgan fingerprint density at radius 2 is 2.00 bits per heavy atom. The minimum atomic E-state index is -0.411. The van der Waals surface area contributed by atoms with E-state index in [1.54, 1.807) is 6.92 Å². The molecule has 26 heavy (non-hydrogen) atoms. The van der Waals surface area contributed by atoms with Crippen LogP contribution in [0.4, 0.5) is 10.2 Å². The fraction of sp³-hybridized carbons (Fsp3) is 0.333. The number of anilines is 1. The highest BCUT2D eigenvalue weighted by atomic mass is 19.1. The van der Waals surface area contributed by atoms with Crippen LogP contribution in [0.1, 0.15) is 31.7 Å². The van der Waals surface area contributed by atoms with Gasteiger partial charge in [-0.15, -0.1) is 0 Å². The first kappa shape index (κ1) is 18.3. The lowest BCUT2D eigenvalue weighted by Crippen LogP contribution is -2.37. The van der Waals surface area contributed by atoms with Crippen molar-refractivity contribution in [2.75, 3.05) is 31.2 Å². The van der Waals surface area contributed by atoms with Crippen LogP contribution in [0.2, 0.25) is 0 Å². The molecule has 0 saturated carbocycles. The van der Waals surface area contributed by atoms with E-state index in [-0.39, 0.29) is 5.57 Å².